The van der Waals surface area contributed by atoms with Gasteiger partial charge in [-0.25, -0.2) is 0 Å². The summed E-state index contributed by atoms with van der Waals surface area (Å²) in [4.78, 5) is 11.8. The number of rotatable bonds is 5. The molecule has 1 aliphatic heterocycles. The number of benzene rings is 1. The highest BCUT2D eigenvalue weighted by atomic mass is 16.1. The third-order valence-corrected chi connectivity index (χ3v) is 3.55. The van der Waals surface area contributed by atoms with Crippen LogP contribution in [-0.2, 0) is 11.2 Å². The summed E-state index contributed by atoms with van der Waals surface area (Å²) >= 11 is 0. The van der Waals surface area contributed by atoms with Gasteiger partial charge in [-0.1, -0.05) is 35.9 Å². The smallest absolute Gasteiger partial charge is 0.220 e. The first-order valence-electron chi connectivity index (χ1n) is 6.95. The third kappa shape index (κ3) is 4.52. The zero-order valence-electron chi connectivity index (χ0n) is 11.5. The SMILES string of the molecule is Cc1ccccc1CCC(=O)NCC1=CCNCC1. The van der Waals surface area contributed by atoms with E-state index in [2.05, 4.69) is 35.8 Å². The van der Waals surface area contributed by atoms with Crippen LogP contribution >= 0.6 is 0 Å². The molecule has 0 fully saturated rings. The van der Waals surface area contributed by atoms with Gasteiger partial charge in [0.05, 0.1) is 0 Å². The van der Waals surface area contributed by atoms with Crippen molar-refractivity contribution in [1.29, 1.82) is 0 Å². The van der Waals surface area contributed by atoms with Crippen molar-refractivity contribution in [3.8, 4) is 0 Å². The van der Waals surface area contributed by atoms with Gasteiger partial charge in [0.2, 0.25) is 5.91 Å². The van der Waals surface area contributed by atoms with Crippen molar-refractivity contribution in [2.75, 3.05) is 19.6 Å². The van der Waals surface area contributed by atoms with E-state index in [-0.39, 0.29) is 5.91 Å². The van der Waals surface area contributed by atoms with Gasteiger partial charge in [0, 0.05) is 19.5 Å². The van der Waals surface area contributed by atoms with E-state index in [1.165, 1.54) is 16.7 Å². The summed E-state index contributed by atoms with van der Waals surface area (Å²) < 4.78 is 0. The van der Waals surface area contributed by atoms with Gasteiger partial charge >= 0.3 is 0 Å². The minimum atomic E-state index is 0.141. The highest BCUT2D eigenvalue weighted by Gasteiger charge is 2.06. The van der Waals surface area contributed by atoms with E-state index >= 15 is 0 Å². The van der Waals surface area contributed by atoms with Crippen LogP contribution in [-0.4, -0.2) is 25.5 Å². The Kier molecular flexibility index (Phi) is 5.16. The molecule has 1 aliphatic rings. The van der Waals surface area contributed by atoms with Gasteiger partial charge in [0.15, 0.2) is 0 Å². The molecular formula is C16H22N2O. The monoisotopic (exact) mass is 258 g/mol. The van der Waals surface area contributed by atoms with Crippen LogP contribution in [0.15, 0.2) is 35.9 Å². The maximum atomic E-state index is 11.8. The van der Waals surface area contributed by atoms with Gasteiger partial charge < -0.3 is 10.6 Å². The van der Waals surface area contributed by atoms with Gasteiger partial charge in [0.25, 0.3) is 0 Å². The lowest BCUT2D eigenvalue weighted by Crippen LogP contribution is -2.29. The quantitative estimate of drug-likeness (QED) is 0.793. The normalized spacial score (nSPS) is 14.9. The molecule has 0 aliphatic carbocycles. The van der Waals surface area contributed by atoms with Crippen LogP contribution in [0.25, 0.3) is 0 Å². The topological polar surface area (TPSA) is 41.1 Å². The van der Waals surface area contributed by atoms with Crippen LogP contribution in [0.4, 0.5) is 0 Å². The van der Waals surface area contributed by atoms with E-state index in [0.29, 0.717) is 13.0 Å². The third-order valence-electron chi connectivity index (χ3n) is 3.55. The summed E-state index contributed by atoms with van der Waals surface area (Å²) in [6.07, 6.45) is 4.60. The maximum absolute atomic E-state index is 11.8. The standard InChI is InChI=1S/C16H22N2O/c1-13-4-2-3-5-15(13)6-7-16(19)18-12-14-8-10-17-11-9-14/h2-5,8,17H,6-7,9-12H2,1H3,(H,18,19). The molecule has 19 heavy (non-hydrogen) atoms. The Hall–Kier alpha value is -1.61. The fourth-order valence-electron chi connectivity index (χ4n) is 2.27. The van der Waals surface area contributed by atoms with Crippen molar-refractivity contribution in [1.82, 2.24) is 10.6 Å². The summed E-state index contributed by atoms with van der Waals surface area (Å²) in [5.41, 5.74) is 3.86. The molecule has 0 spiro atoms. The second-order valence-electron chi connectivity index (χ2n) is 5.02. The minimum Gasteiger partial charge on any atom is -0.352 e. The lowest BCUT2D eigenvalue weighted by atomic mass is 10.0. The van der Waals surface area contributed by atoms with Crippen LogP contribution in [0.3, 0.4) is 0 Å². The molecule has 3 heteroatoms. The van der Waals surface area contributed by atoms with E-state index in [0.717, 1.165) is 25.9 Å². The molecule has 0 saturated heterocycles. The predicted octanol–water partition coefficient (Wildman–Crippen LogP) is 1.96. The van der Waals surface area contributed by atoms with Crippen LogP contribution < -0.4 is 10.6 Å². The Morgan fingerprint density at radius 1 is 1.37 bits per heavy atom. The van der Waals surface area contributed by atoms with E-state index < -0.39 is 0 Å². The van der Waals surface area contributed by atoms with E-state index in [1.54, 1.807) is 0 Å². The Bertz CT molecular complexity index is 466. The molecule has 1 aromatic rings. The summed E-state index contributed by atoms with van der Waals surface area (Å²) in [7, 11) is 0. The molecular weight excluding hydrogens is 236 g/mol. The molecule has 0 saturated carbocycles. The van der Waals surface area contributed by atoms with Crippen molar-refractivity contribution >= 4 is 5.91 Å². The summed E-state index contributed by atoms with van der Waals surface area (Å²) in [5.74, 6) is 0.141. The predicted molar refractivity (Wildman–Crippen MR) is 78.1 cm³/mol. The van der Waals surface area contributed by atoms with Crippen molar-refractivity contribution in [3.63, 3.8) is 0 Å². The van der Waals surface area contributed by atoms with Crippen LogP contribution in [0.2, 0.25) is 0 Å². The molecule has 0 aromatic heterocycles. The van der Waals surface area contributed by atoms with Crippen LogP contribution in [0.1, 0.15) is 24.0 Å². The van der Waals surface area contributed by atoms with Crippen molar-refractivity contribution in [2.24, 2.45) is 0 Å². The average Bonchev–Trinajstić information content (AvgIpc) is 2.45. The highest BCUT2D eigenvalue weighted by molar-refractivity contribution is 5.76. The number of carbonyl (C=O) groups excluding carboxylic acids is 1. The molecule has 0 radical (unpaired) electrons. The molecule has 0 atom stereocenters. The van der Waals surface area contributed by atoms with Crippen LogP contribution in [0.5, 0.6) is 0 Å². The van der Waals surface area contributed by atoms with Crippen molar-refractivity contribution in [3.05, 3.63) is 47.0 Å². The van der Waals surface area contributed by atoms with Crippen molar-refractivity contribution < 1.29 is 4.79 Å². The zero-order valence-corrected chi connectivity index (χ0v) is 11.5. The number of aryl methyl sites for hydroxylation is 2. The minimum absolute atomic E-state index is 0.141. The number of hydrogen-bond acceptors (Lipinski definition) is 2. The summed E-state index contributed by atoms with van der Waals surface area (Å²) in [6, 6.07) is 8.24. The summed E-state index contributed by atoms with van der Waals surface area (Å²) in [6.45, 7) is 4.74. The largest absolute Gasteiger partial charge is 0.352 e. The molecule has 2 rings (SSSR count). The van der Waals surface area contributed by atoms with Crippen LogP contribution in [0, 0.1) is 6.92 Å². The maximum Gasteiger partial charge on any atom is 0.220 e. The van der Waals surface area contributed by atoms with Crippen molar-refractivity contribution in [2.45, 2.75) is 26.2 Å². The fraction of sp³-hybridized carbons (Fsp3) is 0.438. The number of hydrogen-bond donors (Lipinski definition) is 2. The number of amides is 1. The average molecular weight is 258 g/mol. The van der Waals surface area contributed by atoms with Gasteiger partial charge in [-0.15, -0.1) is 0 Å². The Balaban J connectivity index is 1.73. The van der Waals surface area contributed by atoms with Gasteiger partial charge in [0.1, 0.15) is 0 Å². The Labute approximate surface area is 115 Å². The molecule has 2 N–H and O–H groups in total. The molecule has 1 heterocycles. The second-order valence-corrected chi connectivity index (χ2v) is 5.02. The molecule has 3 nitrogen and oxygen atoms in total. The lowest BCUT2D eigenvalue weighted by Gasteiger charge is -2.14. The lowest BCUT2D eigenvalue weighted by molar-refractivity contribution is -0.120. The van der Waals surface area contributed by atoms with E-state index in [4.69, 9.17) is 0 Å². The molecule has 1 amide bonds. The zero-order chi connectivity index (χ0) is 13.5. The Morgan fingerprint density at radius 2 is 2.21 bits per heavy atom. The first kappa shape index (κ1) is 13.8. The first-order chi connectivity index (χ1) is 9.25. The molecule has 0 unspecified atom stereocenters. The highest BCUT2D eigenvalue weighted by Crippen LogP contribution is 2.09. The molecule has 102 valence electrons. The van der Waals surface area contributed by atoms with E-state index in [1.807, 2.05) is 12.1 Å². The van der Waals surface area contributed by atoms with Gasteiger partial charge in [-0.05, 0) is 37.4 Å². The number of carbonyl (C=O) groups is 1. The summed E-state index contributed by atoms with van der Waals surface area (Å²) in [5, 5.41) is 6.27. The molecule has 0 bridgehead atoms. The fourth-order valence-corrected chi connectivity index (χ4v) is 2.27. The van der Waals surface area contributed by atoms with E-state index in [9.17, 15) is 4.79 Å². The Morgan fingerprint density at radius 3 is 2.95 bits per heavy atom. The molecule has 1 aromatic carbocycles. The second kappa shape index (κ2) is 7.10. The van der Waals surface area contributed by atoms with Gasteiger partial charge in [-0.3, -0.25) is 4.79 Å². The number of nitrogens with one attached hydrogen (secondary N) is 2. The van der Waals surface area contributed by atoms with Gasteiger partial charge in [-0.2, -0.15) is 0 Å². The first-order valence-corrected chi connectivity index (χ1v) is 6.95.